The van der Waals surface area contributed by atoms with E-state index in [2.05, 4.69) is 25.9 Å². The monoisotopic (exact) mass is 590 g/mol. The average Bonchev–Trinajstić information content (AvgIpc) is 3.29. The van der Waals surface area contributed by atoms with E-state index < -0.39 is 17.8 Å². The quantitative estimate of drug-likeness (QED) is 0.291. The van der Waals surface area contributed by atoms with E-state index in [9.17, 15) is 18.0 Å². The number of benzene rings is 1. The lowest BCUT2D eigenvalue weighted by Crippen LogP contribution is -2.43. The predicted octanol–water partition coefficient (Wildman–Crippen LogP) is 5.08. The van der Waals surface area contributed by atoms with Gasteiger partial charge in [-0.1, -0.05) is 6.07 Å². The van der Waals surface area contributed by atoms with Gasteiger partial charge in [0.25, 0.3) is 5.91 Å². The van der Waals surface area contributed by atoms with Crippen molar-refractivity contribution in [3.8, 4) is 17.2 Å². The summed E-state index contributed by atoms with van der Waals surface area (Å²) in [4.78, 5) is 23.8. The smallest absolute Gasteiger partial charge is 0.416 e. The lowest BCUT2D eigenvalue weighted by molar-refractivity contribution is -0.137. The molecule has 0 saturated carbocycles. The lowest BCUT2D eigenvalue weighted by atomic mass is 9.95. The molecule has 1 unspecified atom stereocenters. The fourth-order valence-corrected chi connectivity index (χ4v) is 4.96. The maximum Gasteiger partial charge on any atom is 0.416 e. The van der Waals surface area contributed by atoms with E-state index in [-0.39, 0.29) is 18.2 Å². The third kappa shape index (κ3) is 4.75. The minimum absolute atomic E-state index is 0.153. The van der Waals surface area contributed by atoms with Crippen molar-refractivity contribution >= 4 is 27.5 Å². The van der Waals surface area contributed by atoms with Gasteiger partial charge < -0.3 is 23.5 Å². The second kappa shape index (κ2) is 10.2. The van der Waals surface area contributed by atoms with E-state index in [4.69, 9.17) is 14.2 Å². The van der Waals surface area contributed by atoms with Crippen LogP contribution in [-0.4, -0.2) is 52.5 Å². The SMILES string of the molecule is COc1ccc(C2c3c(nc4cc(C(F)(F)F)ccn34)CCN2C(=O)COc2cccnc2Br)cc1OC. The third-order valence-corrected chi connectivity index (χ3v) is 6.94. The molecule has 1 atom stereocenters. The molecule has 1 aliphatic rings. The molecule has 0 spiro atoms. The Hall–Kier alpha value is -3.80. The number of carbonyl (C=O) groups excluding carboxylic acids is 1. The summed E-state index contributed by atoms with van der Waals surface area (Å²) < 4.78 is 58.8. The number of fused-ring (bicyclic) bond motifs is 3. The molecule has 0 fully saturated rings. The Balaban J connectivity index is 1.59. The third-order valence-electron chi connectivity index (χ3n) is 6.35. The van der Waals surface area contributed by atoms with Gasteiger partial charge in [-0.05, 0) is 57.9 Å². The summed E-state index contributed by atoms with van der Waals surface area (Å²) in [6.07, 6.45) is -1.21. The van der Waals surface area contributed by atoms with Crippen LogP contribution >= 0.6 is 15.9 Å². The van der Waals surface area contributed by atoms with Crippen LogP contribution in [0.1, 0.15) is 28.6 Å². The van der Waals surface area contributed by atoms with Crippen LogP contribution in [0.4, 0.5) is 13.2 Å². The number of alkyl halides is 3. The first-order chi connectivity index (χ1) is 18.2. The Morgan fingerprint density at radius 2 is 1.89 bits per heavy atom. The Kier molecular flexibility index (Phi) is 6.91. The summed E-state index contributed by atoms with van der Waals surface area (Å²) in [5, 5.41) is 0. The molecule has 4 heterocycles. The van der Waals surface area contributed by atoms with Crippen molar-refractivity contribution in [3.63, 3.8) is 0 Å². The Bertz CT molecular complexity index is 1510. The van der Waals surface area contributed by atoms with Crippen molar-refractivity contribution < 1.29 is 32.2 Å². The molecule has 0 N–H and O–H groups in total. The maximum absolute atomic E-state index is 13.5. The van der Waals surface area contributed by atoms with Gasteiger partial charge in [-0.3, -0.25) is 4.79 Å². The topological polar surface area (TPSA) is 78.2 Å². The first-order valence-corrected chi connectivity index (χ1v) is 12.3. The summed E-state index contributed by atoms with van der Waals surface area (Å²) >= 11 is 3.31. The van der Waals surface area contributed by atoms with Gasteiger partial charge in [0.1, 0.15) is 10.3 Å². The van der Waals surface area contributed by atoms with Crippen molar-refractivity contribution in [1.29, 1.82) is 0 Å². The molecule has 0 radical (unpaired) electrons. The zero-order valence-electron chi connectivity index (χ0n) is 20.3. The molecule has 0 aliphatic carbocycles. The zero-order valence-corrected chi connectivity index (χ0v) is 21.9. The van der Waals surface area contributed by atoms with Gasteiger partial charge in [0.15, 0.2) is 23.9 Å². The van der Waals surface area contributed by atoms with Crippen LogP contribution in [0, 0.1) is 0 Å². The number of hydrogen-bond donors (Lipinski definition) is 0. The number of pyridine rings is 2. The number of ether oxygens (including phenoxy) is 3. The number of imidazole rings is 1. The van der Waals surface area contributed by atoms with Crippen molar-refractivity contribution in [2.24, 2.45) is 0 Å². The number of nitrogens with zero attached hydrogens (tertiary/aromatic N) is 4. The molecular formula is C26H22BrF3N4O4. The standard InChI is InChI=1S/C26H22BrF3N4O4/c1-36-18-6-5-15(12-20(18)37-2)23-24-17(32-21-13-16(26(28,29)30)7-10-33(21)24)8-11-34(23)22(35)14-38-19-4-3-9-31-25(19)27/h3-7,9-10,12-13,23H,8,11,14H2,1-2H3. The first kappa shape index (κ1) is 25.8. The van der Waals surface area contributed by atoms with Gasteiger partial charge >= 0.3 is 6.18 Å². The fraction of sp³-hybridized carbons (Fsp3) is 0.269. The highest BCUT2D eigenvalue weighted by Crippen LogP contribution is 2.40. The number of methoxy groups -OCH3 is 2. The summed E-state index contributed by atoms with van der Waals surface area (Å²) in [6.45, 7) is 0.0246. The summed E-state index contributed by atoms with van der Waals surface area (Å²) in [5.41, 5.74) is 1.26. The van der Waals surface area contributed by atoms with Crippen molar-refractivity contribution in [1.82, 2.24) is 19.3 Å². The van der Waals surface area contributed by atoms with Crippen LogP contribution in [0.25, 0.3) is 5.65 Å². The van der Waals surface area contributed by atoms with Crippen molar-refractivity contribution in [2.45, 2.75) is 18.6 Å². The highest BCUT2D eigenvalue weighted by molar-refractivity contribution is 9.10. The second-order valence-electron chi connectivity index (χ2n) is 8.52. The minimum atomic E-state index is -4.50. The average molecular weight is 591 g/mol. The number of rotatable bonds is 6. The van der Waals surface area contributed by atoms with Gasteiger partial charge in [0.2, 0.25) is 0 Å². The van der Waals surface area contributed by atoms with Crippen LogP contribution in [0.2, 0.25) is 0 Å². The fourth-order valence-electron chi connectivity index (χ4n) is 4.60. The molecule has 3 aromatic heterocycles. The maximum atomic E-state index is 13.5. The van der Waals surface area contributed by atoms with Gasteiger partial charge in [-0.2, -0.15) is 13.2 Å². The summed E-state index contributed by atoms with van der Waals surface area (Å²) in [7, 11) is 3.02. The minimum Gasteiger partial charge on any atom is -0.493 e. The van der Waals surface area contributed by atoms with Crippen LogP contribution in [0.5, 0.6) is 17.2 Å². The van der Waals surface area contributed by atoms with Gasteiger partial charge in [-0.15, -0.1) is 0 Å². The van der Waals surface area contributed by atoms with Crippen LogP contribution in [-0.2, 0) is 17.4 Å². The number of aromatic nitrogens is 3. The number of amides is 1. The van der Waals surface area contributed by atoms with Gasteiger partial charge in [0.05, 0.1) is 37.2 Å². The molecule has 198 valence electrons. The van der Waals surface area contributed by atoms with Crippen LogP contribution in [0.3, 0.4) is 0 Å². The van der Waals surface area contributed by atoms with E-state index in [1.165, 1.54) is 20.4 Å². The predicted molar refractivity (Wildman–Crippen MR) is 134 cm³/mol. The van der Waals surface area contributed by atoms with Crippen molar-refractivity contribution in [3.05, 3.63) is 82.0 Å². The Morgan fingerprint density at radius 1 is 1.11 bits per heavy atom. The van der Waals surface area contributed by atoms with Crippen LogP contribution in [0.15, 0.2) is 59.5 Å². The van der Waals surface area contributed by atoms with E-state index in [1.54, 1.807) is 45.8 Å². The van der Waals surface area contributed by atoms with Gasteiger partial charge in [0, 0.05) is 25.4 Å². The van der Waals surface area contributed by atoms with E-state index in [1.807, 2.05) is 0 Å². The highest BCUT2D eigenvalue weighted by Gasteiger charge is 2.37. The molecule has 38 heavy (non-hydrogen) atoms. The molecule has 1 aromatic carbocycles. The molecule has 1 amide bonds. The summed E-state index contributed by atoms with van der Waals surface area (Å²) in [6, 6.07) is 10.00. The van der Waals surface area contributed by atoms with Gasteiger partial charge in [-0.25, -0.2) is 9.97 Å². The van der Waals surface area contributed by atoms with E-state index in [0.717, 1.165) is 12.1 Å². The zero-order chi connectivity index (χ0) is 27.0. The summed E-state index contributed by atoms with van der Waals surface area (Å²) in [5.74, 6) is 1.06. The number of hydrogen-bond acceptors (Lipinski definition) is 6. The molecule has 5 rings (SSSR count). The Labute approximate surface area is 224 Å². The lowest BCUT2D eigenvalue weighted by Gasteiger charge is -2.36. The first-order valence-electron chi connectivity index (χ1n) is 11.5. The largest absolute Gasteiger partial charge is 0.493 e. The van der Waals surface area contributed by atoms with E-state index >= 15 is 0 Å². The molecule has 0 saturated heterocycles. The number of carbonyl (C=O) groups is 1. The molecule has 8 nitrogen and oxygen atoms in total. The van der Waals surface area contributed by atoms with Crippen LogP contribution < -0.4 is 14.2 Å². The van der Waals surface area contributed by atoms with E-state index in [0.29, 0.717) is 51.8 Å². The Morgan fingerprint density at radius 3 is 2.61 bits per heavy atom. The second-order valence-corrected chi connectivity index (χ2v) is 9.27. The normalized spacial score (nSPS) is 15.3. The molecule has 12 heteroatoms. The highest BCUT2D eigenvalue weighted by atomic mass is 79.9. The molecule has 1 aliphatic heterocycles. The number of halogens is 4. The van der Waals surface area contributed by atoms with Crippen molar-refractivity contribution in [2.75, 3.05) is 27.4 Å². The molecule has 0 bridgehead atoms. The molecule has 4 aromatic rings. The molecular weight excluding hydrogens is 569 g/mol.